The summed E-state index contributed by atoms with van der Waals surface area (Å²) >= 11 is 1.54. The number of hydrogen-bond acceptors (Lipinski definition) is 3. The van der Waals surface area contributed by atoms with Crippen LogP contribution in [0, 0.1) is 5.92 Å². The summed E-state index contributed by atoms with van der Waals surface area (Å²) in [6, 6.07) is 3.84. The summed E-state index contributed by atoms with van der Waals surface area (Å²) < 4.78 is 0. The van der Waals surface area contributed by atoms with Crippen molar-refractivity contribution < 1.29 is 4.79 Å². The van der Waals surface area contributed by atoms with Crippen molar-refractivity contribution >= 4 is 17.1 Å². The van der Waals surface area contributed by atoms with Crippen LogP contribution in [-0.2, 0) is 0 Å². The van der Waals surface area contributed by atoms with Crippen molar-refractivity contribution in [1.82, 2.24) is 5.32 Å². The smallest absolute Gasteiger partial charge is 0.177 e. The minimum atomic E-state index is 0.226. The number of carbonyl (C=O) groups excluding carboxylic acids is 1. The molecule has 1 N–H and O–H groups in total. The van der Waals surface area contributed by atoms with Gasteiger partial charge in [-0.15, -0.1) is 11.3 Å². The van der Waals surface area contributed by atoms with Gasteiger partial charge in [0.1, 0.15) is 0 Å². The molecule has 1 aliphatic rings. The minimum absolute atomic E-state index is 0.226. The molecule has 64 valence electrons. The zero-order chi connectivity index (χ0) is 8.39. The number of hydrogen-bond donors (Lipinski definition) is 1. The highest BCUT2D eigenvalue weighted by atomic mass is 32.1. The van der Waals surface area contributed by atoms with Gasteiger partial charge >= 0.3 is 0 Å². The van der Waals surface area contributed by atoms with Gasteiger partial charge in [-0.3, -0.25) is 4.79 Å². The summed E-state index contributed by atoms with van der Waals surface area (Å²) in [6.07, 6.45) is 0.997. The summed E-state index contributed by atoms with van der Waals surface area (Å²) in [4.78, 5) is 12.6. The molecular formula is C9H11NOS. The zero-order valence-electron chi connectivity index (χ0n) is 6.75. The molecule has 12 heavy (non-hydrogen) atoms. The molecule has 1 aromatic heterocycles. The van der Waals surface area contributed by atoms with E-state index in [2.05, 4.69) is 5.32 Å². The van der Waals surface area contributed by atoms with E-state index in [1.165, 1.54) is 0 Å². The maximum atomic E-state index is 11.7. The van der Waals surface area contributed by atoms with E-state index >= 15 is 0 Å². The van der Waals surface area contributed by atoms with E-state index in [1.807, 2.05) is 17.5 Å². The Morgan fingerprint density at radius 3 is 3.17 bits per heavy atom. The second kappa shape index (κ2) is 3.37. The number of thiophene rings is 1. The third-order valence-electron chi connectivity index (χ3n) is 2.20. The lowest BCUT2D eigenvalue weighted by Crippen LogP contribution is -2.16. The van der Waals surface area contributed by atoms with Gasteiger partial charge in [0.15, 0.2) is 5.78 Å². The van der Waals surface area contributed by atoms with Crippen LogP contribution in [0.1, 0.15) is 16.1 Å². The van der Waals surface area contributed by atoms with Crippen molar-refractivity contribution in [1.29, 1.82) is 0 Å². The van der Waals surface area contributed by atoms with E-state index in [-0.39, 0.29) is 5.92 Å². The van der Waals surface area contributed by atoms with Crippen LogP contribution in [0.25, 0.3) is 0 Å². The fourth-order valence-electron chi connectivity index (χ4n) is 1.50. The van der Waals surface area contributed by atoms with Crippen molar-refractivity contribution in [2.45, 2.75) is 6.42 Å². The zero-order valence-corrected chi connectivity index (χ0v) is 7.56. The van der Waals surface area contributed by atoms with Crippen LogP contribution in [0.15, 0.2) is 17.5 Å². The second-order valence-electron chi connectivity index (χ2n) is 3.03. The first-order valence-electron chi connectivity index (χ1n) is 4.16. The third kappa shape index (κ3) is 1.42. The third-order valence-corrected chi connectivity index (χ3v) is 3.08. The first-order valence-corrected chi connectivity index (χ1v) is 5.04. The average Bonchev–Trinajstić information content (AvgIpc) is 2.77. The van der Waals surface area contributed by atoms with Gasteiger partial charge in [-0.2, -0.15) is 0 Å². The average molecular weight is 181 g/mol. The summed E-state index contributed by atoms with van der Waals surface area (Å²) in [6.45, 7) is 1.85. The van der Waals surface area contributed by atoms with Gasteiger partial charge < -0.3 is 5.32 Å². The SMILES string of the molecule is O=C(c1cccs1)C1CCNC1. The standard InChI is InChI=1S/C9H11NOS/c11-9(7-3-4-10-6-7)8-2-1-5-12-8/h1-2,5,7,10H,3-4,6H2. The van der Waals surface area contributed by atoms with E-state index in [0.717, 1.165) is 24.4 Å². The lowest BCUT2D eigenvalue weighted by atomic mass is 10.0. The number of Topliss-reactive ketones (excluding diaryl/α,β-unsaturated/α-hetero) is 1. The van der Waals surface area contributed by atoms with Gasteiger partial charge in [0.05, 0.1) is 4.88 Å². The Bertz CT molecular complexity index is 262. The van der Waals surface area contributed by atoms with Crippen LogP contribution in [0.5, 0.6) is 0 Å². The number of rotatable bonds is 2. The molecule has 0 bridgehead atoms. The van der Waals surface area contributed by atoms with Gasteiger partial charge in [0.25, 0.3) is 0 Å². The Labute approximate surface area is 75.6 Å². The molecule has 2 nitrogen and oxygen atoms in total. The molecule has 0 aliphatic carbocycles. The van der Waals surface area contributed by atoms with Crippen LogP contribution in [-0.4, -0.2) is 18.9 Å². The highest BCUT2D eigenvalue weighted by molar-refractivity contribution is 7.12. The molecule has 1 fully saturated rings. The van der Waals surface area contributed by atoms with Crippen LogP contribution < -0.4 is 5.32 Å². The Balaban J connectivity index is 2.09. The van der Waals surface area contributed by atoms with Gasteiger partial charge in [-0.1, -0.05) is 6.07 Å². The first kappa shape index (κ1) is 7.95. The van der Waals surface area contributed by atoms with Gasteiger partial charge in [-0.05, 0) is 24.4 Å². The molecule has 1 atom stereocenters. The van der Waals surface area contributed by atoms with E-state index < -0.39 is 0 Å². The Morgan fingerprint density at radius 1 is 1.67 bits per heavy atom. The van der Waals surface area contributed by atoms with Crippen molar-refractivity contribution in [2.75, 3.05) is 13.1 Å². The van der Waals surface area contributed by atoms with Crippen molar-refractivity contribution in [3.63, 3.8) is 0 Å². The Kier molecular flexibility index (Phi) is 2.23. The molecule has 1 unspecified atom stereocenters. The minimum Gasteiger partial charge on any atom is -0.316 e. The molecule has 0 spiro atoms. The van der Waals surface area contributed by atoms with Crippen LogP contribution >= 0.6 is 11.3 Å². The molecule has 1 saturated heterocycles. The van der Waals surface area contributed by atoms with Crippen LogP contribution in [0.3, 0.4) is 0 Å². The normalized spacial score (nSPS) is 22.8. The van der Waals surface area contributed by atoms with Gasteiger partial charge in [-0.25, -0.2) is 0 Å². The fraction of sp³-hybridized carbons (Fsp3) is 0.444. The van der Waals surface area contributed by atoms with Crippen molar-refractivity contribution in [2.24, 2.45) is 5.92 Å². The monoisotopic (exact) mass is 181 g/mol. The summed E-state index contributed by atoms with van der Waals surface area (Å²) in [5.74, 6) is 0.540. The topological polar surface area (TPSA) is 29.1 Å². The summed E-state index contributed by atoms with van der Waals surface area (Å²) in [5, 5.41) is 5.15. The van der Waals surface area contributed by atoms with Gasteiger partial charge in [0, 0.05) is 12.5 Å². The highest BCUT2D eigenvalue weighted by Gasteiger charge is 2.23. The second-order valence-corrected chi connectivity index (χ2v) is 3.98. The maximum Gasteiger partial charge on any atom is 0.177 e. The molecule has 3 heteroatoms. The predicted molar refractivity (Wildman–Crippen MR) is 49.6 cm³/mol. The molecule has 2 heterocycles. The van der Waals surface area contributed by atoms with Crippen molar-refractivity contribution in [3.05, 3.63) is 22.4 Å². The summed E-state index contributed by atoms with van der Waals surface area (Å²) in [5.41, 5.74) is 0. The predicted octanol–water partition coefficient (Wildman–Crippen LogP) is 1.54. The summed E-state index contributed by atoms with van der Waals surface area (Å²) in [7, 11) is 0. The van der Waals surface area contributed by atoms with E-state index in [1.54, 1.807) is 11.3 Å². The van der Waals surface area contributed by atoms with Crippen molar-refractivity contribution in [3.8, 4) is 0 Å². The van der Waals surface area contributed by atoms with Crippen LogP contribution in [0.2, 0.25) is 0 Å². The van der Waals surface area contributed by atoms with E-state index in [9.17, 15) is 4.79 Å². The molecule has 1 aliphatic heterocycles. The molecule has 1 aromatic rings. The lowest BCUT2D eigenvalue weighted by molar-refractivity contribution is 0.0934. The molecule has 2 rings (SSSR count). The molecule has 0 aromatic carbocycles. The molecule has 0 radical (unpaired) electrons. The first-order chi connectivity index (χ1) is 5.88. The van der Waals surface area contributed by atoms with Gasteiger partial charge in [0.2, 0.25) is 0 Å². The number of nitrogens with one attached hydrogen (secondary N) is 1. The van der Waals surface area contributed by atoms with E-state index in [0.29, 0.717) is 5.78 Å². The number of carbonyl (C=O) groups is 1. The quantitative estimate of drug-likeness (QED) is 0.701. The lowest BCUT2D eigenvalue weighted by Gasteiger charge is -2.03. The Hall–Kier alpha value is -0.670. The van der Waals surface area contributed by atoms with Crippen LogP contribution in [0.4, 0.5) is 0 Å². The molecule has 0 amide bonds. The highest BCUT2D eigenvalue weighted by Crippen LogP contribution is 2.18. The van der Waals surface area contributed by atoms with E-state index in [4.69, 9.17) is 0 Å². The molecular weight excluding hydrogens is 170 g/mol. The fourth-order valence-corrected chi connectivity index (χ4v) is 2.24. The number of ketones is 1. The molecule has 0 saturated carbocycles. The maximum absolute atomic E-state index is 11.7. The largest absolute Gasteiger partial charge is 0.316 e. The Morgan fingerprint density at radius 2 is 2.58 bits per heavy atom.